The average Bonchev–Trinajstić information content (AvgIpc) is 3.31. The molecule has 8 heteroatoms. The summed E-state index contributed by atoms with van der Waals surface area (Å²) in [6, 6.07) is 13.0. The minimum Gasteiger partial charge on any atom is -0.493 e. The quantitative estimate of drug-likeness (QED) is 0.398. The maximum atomic E-state index is 12.8. The van der Waals surface area contributed by atoms with E-state index < -0.39 is 0 Å². The number of fused-ring (bicyclic) bond motifs is 1. The lowest BCUT2D eigenvalue weighted by molar-refractivity contribution is 0.257. The standard InChI is InChI=1S/C24H22ClN3O3S/c1-15(2)14-31-19-10-6-17(12-20(19)30-3)13-21-23(29)28-24(32-21)26-22(27-28)11-7-16-4-8-18(25)9-5-16/h4-13,15H,14H2,1-3H3. The van der Waals surface area contributed by atoms with E-state index in [0.29, 0.717) is 44.4 Å². The Balaban J connectivity index is 1.60. The summed E-state index contributed by atoms with van der Waals surface area (Å²) in [4.78, 5) is 17.8. The summed E-state index contributed by atoms with van der Waals surface area (Å²) in [6.45, 7) is 4.78. The first-order valence-corrected chi connectivity index (χ1v) is 11.3. The summed E-state index contributed by atoms with van der Waals surface area (Å²) >= 11 is 7.20. The number of halogens is 1. The Morgan fingerprint density at radius 1 is 1.09 bits per heavy atom. The van der Waals surface area contributed by atoms with E-state index in [-0.39, 0.29) is 5.56 Å². The lowest BCUT2D eigenvalue weighted by atomic mass is 10.2. The van der Waals surface area contributed by atoms with Gasteiger partial charge in [0.15, 0.2) is 17.3 Å². The predicted octanol–water partition coefficient (Wildman–Crippen LogP) is 4.57. The van der Waals surface area contributed by atoms with Crippen LogP contribution in [0.5, 0.6) is 11.5 Å². The highest BCUT2D eigenvalue weighted by Crippen LogP contribution is 2.28. The lowest BCUT2D eigenvalue weighted by Gasteiger charge is -2.12. The van der Waals surface area contributed by atoms with Crippen molar-refractivity contribution in [3.05, 3.63) is 79.3 Å². The highest BCUT2D eigenvalue weighted by molar-refractivity contribution is 7.15. The van der Waals surface area contributed by atoms with E-state index in [9.17, 15) is 4.79 Å². The second-order valence-electron chi connectivity index (χ2n) is 7.58. The number of methoxy groups -OCH3 is 1. The Labute approximate surface area is 194 Å². The molecule has 2 aromatic heterocycles. The van der Waals surface area contributed by atoms with Gasteiger partial charge in [-0.3, -0.25) is 4.79 Å². The van der Waals surface area contributed by atoms with Crippen LogP contribution in [0, 0.1) is 5.92 Å². The molecule has 0 aliphatic heterocycles. The maximum absolute atomic E-state index is 12.8. The third-order valence-corrected chi connectivity index (χ3v) is 5.76. The first-order chi connectivity index (χ1) is 15.4. The van der Waals surface area contributed by atoms with Gasteiger partial charge in [-0.05, 0) is 53.5 Å². The van der Waals surface area contributed by atoms with Crippen molar-refractivity contribution in [2.75, 3.05) is 13.7 Å². The van der Waals surface area contributed by atoms with Gasteiger partial charge in [-0.25, -0.2) is 0 Å². The molecule has 0 aliphatic rings. The van der Waals surface area contributed by atoms with Crippen LogP contribution in [-0.2, 0) is 0 Å². The summed E-state index contributed by atoms with van der Waals surface area (Å²) in [7, 11) is 1.60. The smallest absolute Gasteiger partial charge is 0.291 e. The third kappa shape index (κ3) is 5.00. The molecule has 0 saturated carbocycles. The monoisotopic (exact) mass is 467 g/mol. The Morgan fingerprint density at radius 3 is 2.53 bits per heavy atom. The van der Waals surface area contributed by atoms with Crippen LogP contribution in [0.15, 0.2) is 47.3 Å². The normalized spacial score (nSPS) is 12.3. The van der Waals surface area contributed by atoms with Crippen molar-refractivity contribution in [2.24, 2.45) is 5.92 Å². The second kappa shape index (κ2) is 9.54. The Hall–Kier alpha value is -3.16. The Morgan fingerprint density at radius 2 is 1.84 bits per heavy atom. The van der Waals surface area contributed by atoms with Crippen molar-refractivity contribution in [2.45, 2.75) is 13.8 Å². The molecule has 0 atom stereocenters. The van der Waals surface area contributed by atoms with Crippen molar-refractivity contribution < 1.29 is 9.47 Å². The molecule has 0 unspecified atom stereocenters. The summed E-state index contributed by atoms with van der Waals surface area (Å²) in [5, 5.41) is 5.00. The zero-order chi connectivity index (χ0) is 22.7. The minimum atomic E-state index is -0.206. The summed E-state index contributed by atoms with van der Waals surface area (Å²) in [5.41, 5.74) is 1.60. The van der Waals surface area contributed by atoms with E-state index in [1.54, 1.807) is 19.3 Å². The molecule has 4 rings (SSSR count). The first-order valence-electron chi connectivity index (χ1n) is 10.1. The molecule has 0 aliphatic carbocycles. The van der Waals surface area contributed by atoms with E-state index >= 15 is 0 Å². The van der Waals surface area contributed by atoms with E-state index in [4.69, 9.17) is 21.1 Å². The Kier molecular flexibility index (Phi) is 6.58. The predicted molar refractivity (Wildman–Crippen MR) is 130 cm³/mol. The van der Waals surface area contributed by atoms with E-state index in [1.165, 1.54) is 15.9 Å². The van der Waals surface area contributed by atoms with Crippen LogP contribution in [0.2, 0.25) is 5.02 Å². The molecular weight excluding hydrogens is 446 g/mol. The Bertz CT molecular complexity index is 1370. The number of ether oxygens (including phenoxy) is 2. The van der Waals surface area contributed by atoms with E-state index in [2.05, 4.69) is 23.9 Å². The van der Waals surface area contributed by atoms with Crippen molar-refractivity contribution >= 4 is 46.1 Å². The summed E-state index contributed by atoms with van der Waals surface area (Å²) < 4.78 is 13.1. The molecule has 0 N–H and O–H groups in total. The van der Waals surface area contributed by atoms with Crippen LogP contribution >= 0.6 is 22.9 Å². The highest BCUT2D eigenvalue weighted by Gasteiger charge is 2.10. The average molecular weight is 468 g/mol. The largest absolute Gasteiger partial charge is 0.493 e. The topological polar surface area (TPSA) is 65.7 Å². The van der Waals surface area contributed by atoms with Crippen molar-refractivity contribution in [3.63, 3.8) is 0 Å². The summed E-state index contributed by atoms with van der Waals surface area (Å²) in [5.74, 6) is 2.19. The van der Waals surface area contributed by atoms with Gasteiger partial charge in [0.25, 0.3) is 5.56 Å². The van der Waals surface area contributed by atoms with Crippen LogP contribution in [0.4, 0.5) is 0 Å². The molecule has 164 valence electrons. The van der Waals surface area contributed by atoms with Crippen LogP contribution in [0.25, 0.3) is 23.2 Å². The molecular formula is C24H22ClN3O3S. The lowest BCUT2D eigenvalue weighted by Crippen LogP contribution is -2.23. The third-order valence-electron chi connectivity index (χ3n) is 4.55. The number of thiazole rings is 1. The highest BCUT2D eigenvalue weighted by atomic mass is 35.5. The SMILES string of the molecule is COc1cc(C=c2sc3nc(C=Cc4ccc(Cl)cc4)nn3c2=O)ccc1OCC(C)C. The van der Waals surface area contributed by atoms with Gasteiger partial charge in [-0.2, -0.15) is 9.50 Å². The zero-order valence-electron chi connectivity index (χ0n) is 17.9. The van der Waals surface area contributed by atoms with Gasteiger partial charge >= 0.3 is 0 Å². The molecule has 0 amide bonds. The van der Waals surface area contributed by atoms with Crippen molar-refractivity contribution in [3.8, 4) is 11.5 Å². The van der Waals surface area contributed by atoms with Crippen LogP contribution in [0.3, 0.4) is 0 Å². The molecule has 0 spiro atoms. The fraction of sp³-hybridized carbons (Fsp3) is 0.208. The van der Waals surface area contributed by atoms with Crippen LogP contribution < -0.4 is 19.6 Å². The molecule has 6 nitrogen and oxygen atoms in total. The molecule has 2 heterocycles. The van der Waals surface area contributed by atoms with E-state index in [1.807, 2.05) is 48.5 Å². The minimum absolute atomic E-state index is 0.206. The fourth-order valence-corrected chi connectivity index (χ4v) is 4.01. The number of hydrogen-bond donors (Lipinski definition) is 0. The van der Waals surface area contributed by atoms with Crippen LogP contribution in [-0.4, -0.2) is 28.3 Å². The number of aromatic nitrogens is 3. The first kappa shape index (κ1) is 22.0. The number of hydrogen-bond acceptors (Lipinski definition) is 6. The van der Waals surface area contributed by atoms with Gasteiger partial charge in [0.1, 0.15) is 0 Å². The zero-order valence-corrected chi connectivity index (χ0v) is 19.5. The van der Waals surface area contributed by atoms with Gasteiger partial charge in [-0.1, -0.05) is 61.1 Å². The van der Waals surface area contributed by atoms with Crippen LogP contribution in [0.1, 0.15) is 30.8 Å². The number of rotatable bonds is 7. The van der Waals surface area contributed by atoms with Gasteiger partial charge in [-0.15, -0.1) is 5.10 Å². The maximum Gasteiger partial charge on any atom is 0.291 e. The molecule has 0 fully saturated rings. The van der Waals surface area contributed by atoms with Crippen molar-refractivity contribution in [1.29, 1.82) is 0 Å². The molecule has 4 aromatic rings. The van der Waals surface area contributed by atoms with Gasteiger partial charge in [0, 0.05) is 5.02 Å². The summed E-state index contributed by atoms with van der Waals surface area (Å²) in [6.07, 6.45) is 5.45. The molecule has 0 saturated heterocycles. The number of benzene rings is 2. The van der Waals surface area contributed by atoms with Crippen molar-refractivity contribution in [1.82, 2.24) is 14.6 Å². The molecule has 32 heavy (non-hydrogen) atoms. The molecule has 0 bridgehead atoms. The molecule has 2 aromatic carbocycles. The van der Waals surface area contributed by atoms with Gasteiger partial charge in [0.05, 0.1) is 18.2 Å². The number of nitrogens with zero attached hydrogens (tertiary/aromatic N) is 3. The fourth-order valence-electron chi connectivity index (χ4n) is 2.97. The van der Waals surface area contributed by atoms with E-state index in [0.717, 1.165) is 11.1 Å². The van der Waals surface area contributed by atoms with Gasteiger partial charge < -0.3 is 9.47 Å². The molecule has 0 radical (unpaired) electrons. The van der Waals surface area contributed by atoms with Gasteiger partial charge in [0.2, 0.25) is 4.96 Å². The second-order valence-corrected chi connectivity index (χ2v) is 9.03.